The van der Waals surface area contributed by atoms with Gasteiger partial charge in [-0.3, -0.25) is 4.79 Å². The number of carbonyl (C=O) groups excluding carboxylic acids is 1. The minimum atomic E-state index is -0.116. The molecular weight excluding hydrogens is 376 g/mol. The van der Waals surface area contributed by atoms with Gasteiger partial charge in [0.2, 0.25) is 0 Å². The molecule has 0 saturated carbocycles. The number of aromatic nitrogens is 1. The van der Waals surface area contributed by atoms with Gasteiger partial charge < -0.3 is 19.9 Å². The van der Waals surface area contributed by atoms with Gasteiger partial charge in [-0.15, -0.1) is 0 Å². The summed E-state index contributed by atoms with van der Waals surface area (Å²) >= 11 is 0. The highest BCUT2D eigenvalue weighted by Crippen LogP contribution is 2.28. The number of para-hydroxylation sites is 1. The molecule has 154 valence electrons. The molecule has 0 radical (unpaired) electrons. The van der Waals surface area contributed by atoms with Crippen LogP contribution in [0.1, 0.15) is 23.2 Å². The summed E-state index contributed by atoms with van der Waals surface area (Å²) in [4.78, 5) is 22.7. The smallest absolute Gasteiger partial charge is 0.259 e. The number of morpholine rings is 1. The number of fused-ring (bicyclic) bond motifs is 1. The number of pyridine rings is 1. The Hall–Kier alpha value is -3.12. The molecule has 6 heteroatoms. The van der Waals surface area contributed by atoms with Crippen LogP contribution in [-0.2, 0) is 4.74 Å². The van der Waals surface area contributed by atoms with Gasteiger partial charge in [0.05, 0.1) is 24.3 Å². The summed E-state index contributed by atoms with van der Waals surface area (Å²) in [5, 5.41) is 4.08. The maximum atomic E-state index is 13.3. The van der Waals surface area contributed by atoms with Crippen LogP contribution < -0.4 is 15.1 Å². The van der Waals surface area contributed by atoms with Crippen molar-refractivity contribution < 1.29 is 9.53 Å². The summed E-state index contributed by atoms with van der Waals surface area (Å²) < 4.78 is 5.45. The predicted molar refractivity (Wildman–Crippen MR) is 121 cm³/mol. The summed E-state index contributed by atoms with van der Waals surface area (Å²) in [6.07, 6.45) is 2.27. The first kappa shape index (κ1) is 18.9. The van der Waals surface area contributed by atoms with Crippen molar-refractivity contribution in [1.82, 2.24) is 4.98 Å². The third kappa shape index (κ3) is 3.83. The van der Waals surface area contributed by atoms with Gasteiger partial charge in [0.25, 0.3) is 5.91 Å². The second-order valence-corrected chi connectivity index (χ2v) is 7.85. The SMILES string of the molecule is O=C(Nc1cccc(N2CCOCC2)c1)c1cc2ccccc2nc1N1CCCC1. The van der Waals surface area contributed by atoms with Gasteiger partial charge in [0.1, 0.15) is 5.82 Å². The van der Waals surface area contributed by atoms with Crippen LogP contribution in [0, 0.1) is 0 Å². The Morgan fingerprint density at radius 1 is 0.900 bits per heavy atom. The van der Waals surface area contributed by atoms with E-state index in [1.807, 2.05) is 48.5 Å². The molecule has 1 aromatic heterocycles. The molecule has 2 aromatic carbocycles. The Balaban J connectivity index is 1.45. The molecule has 1 N–H and O–H groups in total. The van der Waals surface area contributed by atoms with E-state index in [4.69, 9.17) is 9.72 Å². The Labute approximate surface area is 176 Å². The van der Waals surface area contributed by atoms with E-state index in [-0.39, 0.29) is 5.91 Å². The molecular formula is C24H26N4O2. The molecule has 3 heterocycles. The van der Waals surface area contributed by atoms with Gasteiger partial charge in [-0.05, 0) is 43.2 Å². The van der Waals surface area contributed by atoms with E-state index in [1.165, 1.54) is 0 Å². The fourth-order valence-corrected chi connectivity index (χ4v) is 4.24. The molecule has 0 bridgehead atoms. The van der Waals surface area contributed by atoms with Crippen LogP contribution in [0.4, 0.5) is 17.2 Å². The lowest BCUT2D eigenvalue weighted by Crippen LogP contribution is -2.36. The zero-order chi connectivity index (χ0) is 20.3. The first-order chi connectivity index (χ1) is 14.8. The molecule has 5 rings (SSSR count). The molecule has 6 nitrogen and oxygen atoms in total. The molecule has 0 unspecified atom stereocenters. The van der Waals surface area contributed by atoms with Crippen molar-refractivity contribution >= 4 is 34.0 Å². The van der Waals surface area contributed by atoms with Crippen LogP contribution in [0.2, 0.25) is 0 Å². The number of anilines is 3. The Morgan fingerprint density at radius 3 is 2.53 bits per heavy atom. The lowest BCUT2D eigenvalue weighted by molar-refractivity contribution is 0.102. The van der Waals surface area contributed by atoms with Crippen molar-refractivity contribution in [2.45, 2.75) is 12.8 Å². The van der Waals surface area contributed by atoms with Gasteiger partial charge in [-0.2, -0.15) is 0 Å². The van der Waals surface area contributed by atoms with Crippen LogP contribution >= 0.6 is 0 Å². The van der Waals surface area contributed by atoms with Crippen molar-refractivity contribution in [2.75, 3.05) is 54.5 Å². The van der Waals surface area contributed by atoms with E-state index in [0.717, 1.165) is 80.3 Å². The first-order valence-electron chi connectivity index (χ1n) is 10.7. The highest BCUT2D eigenvalue weighted by Gasteiger charge is 2.22. The fourth-order valence-electron chi connectivity index (χ4n) is 4.24. The number of nitrogens with one attached hydrogen (secondary N) is 1. The van der Waals surface area contributed by atoms with Crippen molar-refractivity contribution in [2.24, 2.45) is 0 Å². The molecule has 0 aliphatic carbocycles. The molecule has 2 aliphatic rings. The number of benzene rings is 2. The summed E-state index contributed by atoms with van der Waals surface area (Å²) in [7, 11) is 0. The topological polar surface area (TPSA) is 57.7 Å². The minimum Gasteiger partial charge on any atom is -0.378 e. The number of rotatable bonds is 4. The van der Waals surface area contributed by atoms with Crippen molar-refractivity contribution in [1.29, 1.82) is 0 Å². The second kappa shape index (κ2) is 8.32. The molecule has 3 aromatic rings. The maximum absolute atomic E-state index is 13.3. The van der Waals surface area contributed by atoms with Gasteiger partial charge in [-0.25, -0.2) is 4.98 Å². The van der Waals surface area contributed by atoms with Crippen LogP contribution in [0.3, 0.4) is 0 Å². The lowest BCUT2D eigenvalue weighted by atomic mass is 10.1. The fraction of sp³-hybridized carbons (Fsp3) is 0.333. The number of ether oxygens (including phenoxy) is 1. The van der Waals surface area contributed by atoms with Gasteiger partial charge in [-0.1, -0.05) is 24.3 Å². The third-order valence-electron chi connectivity index (χ3n) is 5.83. The van der Waals surface area contributed by atoms with Gasteiger partial charge in [0.15, 0.2) is 0 Å². The Kier molecular flexibility index (Phi) is 5.24. The molecule has 2 aliphatic heterocycles. The number of hydrogen-bond acceptors (Lipinski definition) is 5. The van der Waals surface area contributed by atoms with Crippen molar-refractivity contribution in [3.63, 3.8) is 0 Å². The summed E-state index contributed by atoms with van der Waals surface area (Å²) in [5.74, 6) is 0.669. The monoisotopic (exact) mass is 402 g/mol. The van der Waals surface area contributed by atoms with E-state index in [1.54, 1.807) is 0 Å². The number of nitrogens with zero attached hydrogens (tertiary/aromatic N) is 3. The standard InChI is InChI=1S/C24H26N4O2/c29-24(25-19-7-5-8-20(17-19)27-12-14-30-15-13-27)21-16-18-6-1-2-9-22(18)26-23(21)28-10-3-4-11-28/h1-2,5-9,16-17H,3-4,10-15H2,(H,25,29). The zero-order valence-corrected chi connectivity index (χ0v) is 17.0. The highest BCUT2D eigenvalue weighted by molar-refractivity contribution is 6.09. The van der Waals surface area contributed by atoms with Crippen LogP contribution in [0.15, 0.2) is 54.6 Å². The van der Waals surface area contributed by atoms with E-state index in [0.29, 0.717) is 5.56 Å². The minimum absolute atomic E-state index is 0.116. The summed E-state index contributed by atoms with van der Waals surface area (Å²) in [6.45, 7) is 5.09. The van der Waals surface area contributed by atoms with Crippen LogP contribution in [0.25, 0.3) is 10.9 Å². The molecule has 30 heavy (non-hydrogen) atoms. The van der Waals surface area contributed by atoms with Crippen molar-refractivity contribution in [3.05, 3.63) is 60.2 Å². The van der Waals surface area contributed by atoms with E-state index in [9.17, 15) is 4.79 Å². The van der Waals surface area contributed by atoms with Gasteiger partial charge >= 0.3 is 0 Å². The van der Waals surface area contributed by atoms with Gasteiger partial charge in [0, 0.05) is 42.9 Å². The van der Waals surface area contributed by atoms with E-state index >= 15 is 0 Å². The number of hydrogen-bond donors (Lipinski definition) is 1. The third-order valence-corrected chi connectivity index (χ3v) is 5.83. The van der Waals surface area contributed by atoms with Crippen molar-refractivity contribution in [3.8, 4) is 0 Å². The Morgan fingerprint density at radius 2 is 1.70 bits per heavy atom. The second-order valence-electron chi connectivity index (χ2n) is 7.85. The Bertz CT molecular complexity index is 1060. The van der Waals surface area contributed by atoms with Crippen LogP contribution in [-0.4, -0.2) is 50.3 Å². The summed E-state index contributed by atoms with van der Waals surface area (Å²) in [6, 6.07) is 18.0. The summed E-state index contributed by atoms with van der Waals surface area (Å²) in [5.41, 5.74) is 3.45. The largest absolute Gasteiger partial charge is 0.378 e. The average Bonchev–Trinajstić information content (AvgIpc) is 3.34. The number of carbonyl (C=O) groups is 1. The molecule has 0 atom stereocenters. The predicted octanol–water partition coefficient (Wildman–Crippen LogP) is 3.92. The highest BCUT2D eigenvalue weighted by atomic mass is 16.5. The quantitative estimate of drug-likeness (QED) is 0.717. The molecule has 1 amide bonds. The maximum Gasteiger partial charge on any atom is 0.259 e. The number of amides is 1. The average molecular weight is 402 g/mol. The van der Waals surface area contributed by atoms with E-state index in [2.05, 4.69) is 21.2 Å². The lowest BCUT2D eigenvalue weighted by Gasteiger charge is -2.29. The molecule has 0 spiro atoms. The van der Waals surface area contributed by atoms with E-state index < -0.39 is 0 Å². The zero-order valence-electron chi connectivity index (χ0n) is 17.0. The van der Waals surface area contributed by atoms with Crippen LogP contribution in [0.5, 0.6) is 0 Å². The normalized spacial score (nSPS) is 16.8. The molecule has 2 saturated heterocycles. The first-order valence-corrected chi connectivity index (χ1v) is 10.7. The molecule has 2 fully saturated rings.